The summed E-state index contributed by atoms with van der Waals surface area (Å²) in [6.07, 6.45) is 1.58. The summed E-state index contributed by atoms with van der Waals surface area (Å²) in [5.41, 5.74) is 0.460. The molecule has 0 unspecified atom stereocenters. The second kappa shape index (κ2) is 10.3. The van der Waals surface area contributed by atoms with Gasteiger partial charge in [0.1, 0.15) is 11.9 Å². The fourth-order valence-corrected chi connectivity index (χ4v) is 6.01. The number of amides is 1. The van der Waals surface area contributed by atoms with Crippen LogP contribution in [0.2, 0.25) is 5.02 Å². The van der Waals surface area contributed by atoms with E-state index in [1.165, 1.54) is 12.1 Å². The third kappa shape index (κ3) is 4.70. The van der Waals surface area contributed by atoms with Crippen LogP contribution in [0.4, 0.5) is 10.2 Å². The molecule has 0 saturated carbocycles. The van der Waals surface area contributed by atoms with E-state index in [4.69, 9.17) is 16.9 Å². The number of nitriles is 1. The Balaban J connectivity index is 1.40. The number of aliphatic hydroxyl groups is 1. The first-order valence-electron chi connectivity index (χ1n) is 12.6. The van der Waals surface area contributed by atoms with Crippen LogP contribution in [0.3, 0.4) is 0 Å². The largest absolute Gasteiger partial charge is 0.384 e. The molecule has 4 heterocycles. The fourth-order valence-electron chi connectivity index (χ4n) is 5.90. The van der Waals surface area contributed by atoms with Crippen molar-refractivity contribution in [3.63, 3.8) is 0 Å². The quantitative estimate of drug-likeness (QED) is 0.543. The molecule has 2 aromatic heterocycles. The Labute approximate surface area is 225 Å². The molecule has 0 spiro atoms. The number of hydrogen-bond donors (Lipinski definition) is 1. The maximum absolute atomic E-state index is 14.0. The first-order valence-corrected chi connectivity index (χ1v) is 13.0. The van der Waals surface area contributed by atoms with Gasteiger partial charge in [-0.3, -0.25) is 9.78 Å². The van der Waals surface area contributed by atoms with Crippen molar-refractivity contribution < 1.29 is 14.3 Å². The van der Waals surface area contributed by atoms with Crippen LogP contribution in [0.25, 0.3) is 0 Å². The average molecular weight is 535 g/mol. The molecule has 0 aliphatic carbocycles. The van der Waals surface area contributed by atoms with Gasteiger partial charge < -0.3 is 14.9 Å². The molecule has 5 rings (SSSR count). The molecule has 38 heavy (non-hydrogen) atoms. The standard InChI is InChI=1S/C28H28ClFN6O2/c1-17-13-36(14-18(2)28(17,38)19-3-6-21(30)7-4-19)27(37)24-16-35(26-10-8-22(11-31)33-34-26)15-23(24)25-9-5-20(29)12-32-25/h3-10,12,17-18,23-24,38H,13-16H2,1-2H3/t17-,18+,23-,24-,28+/m1/s1. The topological polar surface area (TPSA) is 106 Å². The van der Waals surface area contributed by atoms with Gasteiger partial charge in [-0.2, -0.15) is 5.26 Å². The molecular weight excluding hydrogens is 507 g/mol. The Morgan fingerprint density at radius 3 is 2.34 bits per heavy atom. The smallest absolute Gasteiger partial charge is 0.228 e. The number of anilines is 1. The van der Waals surface area contributed by atoms with Crippen molar-refractivity contribution in [3.05, 3.63) is 82.5 Å². The second-order valence-corrected chi connectivity index (χ2v) is 10.7. The van der Waals surface area contributed by atoms with Gasteiger partial charge in [-0.05, 0) is 42.0 Å². The third-order valence-corrected chi connectivity index (χ3v) is 8.19. The molecule has 2 fully saturated rings. The summed E-state index contributed by atoms with van der Waals surface area (Å²) in [7, 11) is 0. The van der Waals surface area contributed by atoms with Crippen LogP contribution in [-0.4, -0.2) is 57.3 Å². The highest BCUT2D eigenvalue weighted by Gasteiger charge is 2.49. The number of benzene rings is 1. The van der Waals surface area contributed by atoms with Crippen LogP contribution in [-0.2, 0) is 10.4 Å². The molecule has 0 radical (unpaired) electrons. The van der Waals surface area contributed by atoms with Crippen LogP contribution >= 0.6 is 11.6 Å². The zero-order chi connectivity index (χ0) is 27.0. The van der Waals surface area contributed by atoms with E-state index in [0.717, 1.165) is 5.69 Å². The number of piperidine rings is 1. The van der Waals surface area contributed by atoms with Gasteiger partial charge in [0.05, 0.1) is 16.5 Å². The van der Waals surface area contributed by atoms with Crippen molar-refractivity contribution in [2.75, 3.05) is 31.1 Å². The molecular formula is C28H28ClFN6O2. The number of likely N-dealkylation sites (tertiary alicyclic amines) is 1. The van der Waals surface area contributed by atoms with Gasteiger partial charge in [-0.1, -0.05) is 37.6 Å². The fraction of sp³-hybridized carbons (Fsp3) is 0.393. The lowest BCUT2D eigenvalue weighted by atomic mass is 9.70. The summed E-state index contributed by atoms with van der Waals surface area (Å²) >= 11 is 6.07. The molecule has 10 heteroatoms. The van der Waals surface area contributed by atoms with Gasteiger partial charge in [-0.15, -0.1) is 10.2 Å². The molecule has 5 atom stereocenters. The van der Waals surface area contributed by atoms with Gasteiger partial charge in [0.15, 0.2) is 11.5 Å². The summed E-state index contributed by atoms with van der Waals surface area (Å²) in [5, 5.41) is 29.4. The third-order valence-electron chi connectivity index (χ3n) is 7.97. The predicted octanol–water partition coefficient (Wildman–Crippen LogP) is 3.76. The van der Waals surface area contributed by atoms with Crippen LogP contribution in [0.5, 0.6) is 0 Å². The SMILES string of the molecule is C[C@@H]1CN(C(=O)[C@@H]2CN(c3ccc(C#N)nn3)C[C@H]2c2ccc(Cl)cn2)C[C@H](C)[C@]1(O)c1ccc(F)cc1. The summed E-state index contributed by atoms with van der Waals surface area (Å²) in [6, 6.07) is 14.9. The van der Waals surface area contributed by atoms with Crippen molar-refractivity contribution in [2.45, 2.75) is 25.4 Å². The number of aromatic nitrogens is 3. The lowest BCUT2D eigenvalue weighted by Crippen LogP contribution is -2.57. The van der Waals surface area contributed by atoms with Crippen molar-refractivity contribution in [3.8, 4) is 6.07 Å². The summed E-state index contributed by atoms with van der Waals surface area (Å²) in [5.74, 6) is -0.938. The van der Waals surface area contributed by atoms with E-state index < -0.39 is 11.5 Å². The first kappa shape index (κ1) is 26.0. The highest BCUT2D eigenvalue weighted by molar-refractivity contribution is 6.30. The normalized spacial score (nSPS) is 27.3. The molecule has 1 aromatic carbocycles. The highest BCUT2D eigenvalue weighted by Crippen LogP contribution is 2.43. The Morgan fingerprint density at radius 1 is 1.05 bits per heavy atom. The minimum Gasteiger partial charge on any atom is -0.384 e. The van der Waals surface area contributed by atoms with E-state index in [0.29, 0.717) is 42.6 Å². The Kier molecular flexibility index (Phi) is 7.03. The molecule has 3 aromatic rings. The minimum atomic E-state index is -1.18. The number of pyridine rings is 1. The number of carbonyl (C=O) groups excluding carboxylic acids is 1. The maximum Gasteiger partial charge on any atom is 0.228 e. The zero-order valence-electron chi connectivity index (χ0n) is 21.1. The van der Waals surface area contributed by atoms with Crippen molar-refractivity contribution in [2.24, 2.45) is 17.8 Å². The Morgan fingerprint density at radius 2 is 1.76 bits per heavy atom. The van der Waals surface area contributed by atoms with E-state index in [9.17, 15) is 14.3 Å². The molecule has 2 aliphatic rings. The van der Waals surface area contributed by atoms with E-state index in [1.54, 1.807) is 36.5 Å². The Hall–Kier alpha value is -3.61. The number of hydrogen-bond acceptors (Lipinski definition) is 7. The molecule has 196 valence electrons. The Bertz CT molecular complexity index is 1330. The number of carbonyl (C=O) groups is 1. The van der Waals surface area contributed by atoms with Crippen LogP contribution in [0.15, 0.2) is 54.7 Å². The van der Waals surface area contributed by atoms with E-state index >= 15 is 0 Å². The summed E-state index contributed by atoms with van der Waals surface area (Å²) in [6.45, 7) is 5.49. The van der Waals surface area contributed by atoms with Gasteiger partial charge in [0.2, 0.25) is 5.91 Å². The van der Waals surface area contributed by atoms with Crippen molar-refractivity contribution in [1.29, 1.82) is 5.26 Å². The van der Waals surface area contributed by atoms with Gasteiger partial charge in [-0.25, -0.2) is 4.39 Å². The first-order chi connectivity index (χ1) is 18.2. The summed E-state index contributed by atoms with van der Waals surface area (Å²) < 4.78 is 13.5. The van der Waals surface area contributed by atoms with E-state index in [-0.39, 0.29) is 35.2 Å². The highest BCUT2D eigenvalue weighted by atomic mass is 35.5. The maximum atomic E-state index is 14.0. The van der Waals surface area contributed by atoms with Crippen molar-refractivity contribution in [1.82, 2.24) is 20.1 Å². The van der Waals surface area contributed by atoms with Gasteiger partial charge in [0, 0.05) is 55.8 Å². The minimum absolute atomic E-state index is 0.0179. The van der Waals surface area contributed by atoms with Gasteiger partial charge in [0.25, 0.3) is 0 Å². The lowest BCUT2D eigenvalue weighted by molar-refractivity contribution is -0.152. The zero-order valence-corrected chi connectivity index (χ0v) is 21.9. The monoisotopic (exact) mass is 534 g/mol. The number of halogens is 2. The molecule has 1 N–H and O–H groups in total. The number of rotatable bonds is 4. The number of nitrogens with zero attached hydrogens (tertiary/aromatic N) is 6. The molecule has 1 amide bonds. The predicted molar refractivity (Wildman–Crippen MR) is 140 cm³/mol. The van der Waals surface area contributed by atoms with Crippen LogP contribution in [0.1, 0.15) is 36.7 Å². The van der Waals surface area contributed by atoms with Crippen molar-refractivity contribution >= 4 is 23.3 Å². The molecule has 0 bridgehead atoms. The second-order valence-electron chi connectivity index (χ2n) is 10.3. The average Bonchev–Trinajstić information content (AvgIpc) is 3.37. The summed E-state index contributed by atoms with van der Waals surface area (Å²) in [4.78, 5) is 22.4. The lowest BCUT2D eigenvalue weighted by Gasteiger charge is -2.48. The molecule has 8 nitrogen and oxygen atoms in total. The van der Waals surface area contributed by atoms with E-state index in [2.05, 4.69) is 15.2 Å². The van der Waals surface area contributed by atoms with Crippen LogP contribution in [0, 0.1) is 34.9 Å². The van der Waals surface area contributed by atoms with Gasteiger partial charge >= 0.3 is 0 Å². The van der Waals surface area contributed by atoms with E-state index in [1.807, 2.05) is 35.8 Å². The van der Waals surface area contributed by atoms with Crippen LogP contribution < -0.4 is 4.90 Å². The molecule has 2 aliphatic heterocycles. The molecule has 2 saturated heterocycles.